The smallest absolute Gasteiger partial charge is 0.351 e. The molecule has 0 aliphatic carbocycles. The lowest BCUT2D eigenvalue weighted by molar-refractivity contribution is -0.115. The highest BCUT2D eigenvalue weighted by Crippen LogP contribution is 2.55. The molecule has 10 heterocycles. The Labute approximate surface area is 585 Å². The normalized spacial score (nSPS) is 29.1. The molecule has 100 heavy (non-hydrogen) atoms. The van der Waals surface area contributed by atoms with Crippen molar-refractivity contribution in [3.05, 3.63) is 103 Å². The van der Waals surface area contributed by atoms with Gasteiger partial charge >= 0.3 is 51.3 Å². The lowest BCUT2D eigenvalue weighted by atomic mass is 9.92. The monoisotopic (exact) mass is 1470 g/mol. The van der Waals surface area contributed by atoms with Gasteiger partial charge in [-0.3, -0.25) is 23.3 Å². The fourth-order valence-electron chi connectivity index (χ4n) is 14.7. The second-order valence-corrected chi connectivity index (χ2v) is 46.9. The van der Waals surface area contributed by atoms with Gasteiger partial charge in [-0.25, -0.2) is 23.7 Å². The first-order chi connectivity index (χ1) is 46.8. The van der Waals surface area contributed by atoms with Crippen LogP contribution in [0.1, 0.15) is 164 Å². The number of nitrogens with zero attached hydrogens (tertiary/aromatic N) is 15. The molecule has 552 valence electrons. The van der Waals surface area contributed by atoms with Crippen molar-refractivity contribution in [2.75, 3.05) is 36.2 Å². The molecule has 34 nitrogen and oxygen atoms in total. The fraction of sp³-hybridized carbons (Fsp3) is 0.710. The lowest BCUT2D eigenvalue weighted by Gasteiger charge is -2.52. The van der Waals surface area contributed by atoms with E-state index < -0.39 is 130 Å². The van der Waals surface area contributed by atoms with E-state index in [-0.39, 0.29) is 86.8 Å². The minimum atomic E-state index is -3.03. The van der Waals surface area contributed by atoms with Gasteiger partial charge in [0.25, 0.3) is 0 Å². The standard InChI is InChI=1S/C26H44N6O6Si2.C24H42N6O6Si2.C12H16N6O4/c1-16(2)39(17(3)4)35-15-21-23(37-40(38-39,18(5)6)19(7)8)26(10,32-14-12-27-30-32)24(36-21)31-13-11-22(28-20(9)33)29-25(31)34;1-14(2)37(15(3)4)33-13-19-21(35-38(36-37,16(5)6)17(7)8)24(10,28-29-25)22(34-19)30-12-11-20(26-18(9)31)27-23(30)32;1-12(18-5-3-14-16-18)9(20)7(6-19)22-10(12)17-4-2-8(13)15-11(17)21/h11-14,16-19,21,23-24H,15H2,1-10H3,(H,28,29,33,34);11-12,14-17,19,21-22H,13H2,1-10H3,(H,26,27,31,32);2-5,7,9-10,19-20H,6H2,1H3,(H2,13,15,21)/t21-,23-,24-,26-;19-,21-,22-,24-;7-,9-,10-,12-/m111/s1. The summed E-state index contributed by atoms with van der Waals surface area (Å²) in [5, 5.41) is 45.2. The van der Waals surface area contributed by atoms with Gasteiger partial charge in [0.05, 0.1) is 38.3 Å². The van der Waals surface area contributed by atoms with E-state index in [4.69, 9.17) is 45.9 Å². The van der Waals surface area contributed by atoms with Gasteiger partial charge in [0.15, 0.2) is 18.7 Å². The number of aromatic nitrogens is 12. The Morgan fingerprint density at radius 2 is 0.970 bits per heavy atom. The number of nitrogens with one attached hydrogen (secondary N) is 2. The average Bonchev–Trinajstić information content (AvgIpc) is 1.55. The van der Waals surface area contributed by atoms with Crippen molar-refractivity contribution >= 4 is 63.5 Å². The predicted molar refractivity (Wildman–Crippen MR) is 376 cm³/mol. The first-order valence-electron chi connectivity index (χ1n) is 34.0. The molecule has 2 amide bonds. The zero-order valence-electron chi connectivity index (χ0n) is 61.1. The lowest BCUT2D eigenvalue weighted by Crippen LogP contribution is -2.67. The number of fused-ring (bicyclic) bond motifs is 2. The molecular weight excluding hydrogens is 1370 g/mol. The summed E-state index contributed by atoms with van der Waals surface area (Å²) in [6.45, 7) is 42.4. The first kappa shape index (κ1) is 79.1. The van der Waals surface area contributed by atoms with Crippen LogP contribution in [-0.4, -0.2) is 177 Å². The number of azide groups is 1. The van der Waals surface area contributed by atoms with Gasteiger partial charge in [0, 0.05) is 49.7 Å². The molecule has 5 aliphatic rings. The van der Waals surface area contributed by atoms with Crippen LogP contribution in [0.5, 0.6) is 0 Å². The molecule has 5 aromatic heterocycles. The van der Waals surface area contributed by atoms with E-state index >= 15 is 0 Å². The molecule has 5 aromatic rings. The van der Waals surface area contributed by atoms with E-state index in [2.05, 4.69) is 167 Å². The van der Waals surface area contributed by atoms with Crippen LogP contribution in [0.2, 0.25) is 44.3 Å². The Balaban J connectivity index is 0.000000198. The Bertz CT molecular complexity index is 3840. The summed E-state index contributed by atoms with van der Waals surface area (Å²) >= 11 is 0. The Morgan fingerprint density at radius 3 is 1.35 bits per heavy atom. The van der Waals surface area contributed by atoms with Crippen LogP contribution >= 0.6 is 0 Å². The molecule has 0 radical (unpaired) electrons. The summed E-state index contributed by atoms with van der Waals surface area (Å²) in [6, 6.07) is 4.52. The van der Waals surface area contributed by atoms with Crippen molar-refractivity contribution in [3.8, 4) is 0 Å². The largest absolute Gasteiger partial charge is 0.414 e. The maximum absolute atomic E-state index is 13.3. The molecule has 0 saturated carbocycles. The first-order valence-corrected chi connectivity index (χ1v) is 41.9. The quantitative estimate of drug-likeness (QED) is 0.0264. The number of carbonyl (C=O) groups is 2. The molecule has 38 heteroatoms. The van der Waals surface area contributed by atoms with E-state index in [0.29, 0.717) is 0 Å². The molecule has 5 aliphatic heterocycles. The van der Waals surface area contributed by atoms with E-state index in [9.17, 15) is 39.7 Å². The van der Waals surface area contributed by atoms with Crippen molar-refractivity contribution in [1.82, 2.24) is 58.6 Å². The van der Waals surface area contributed by atoms with E-state index in [0.717, 1.165) is 0 Å². The topological polar surface area (TPSA) is 423 Å². The van der Waals surface area contributed by atoms with E-state index in [1.54, 1.807) is 49.4 Å². The molecule has 5 fully saturated rings. The van der Waals surface area contributed by atoms with Gasteiger partial charge in [-0.2, -0.15) is 15.0 Å². The van der Waals surface area contributed by atoms with Crippen LogP contribution in [0.3, 0.4) is 0 Å². The van der Waals surface area contributed by atoms with Gasteiger partial charge in [0.2, 0.25) is 11.8 Å². The SMILES string of the molecule is CC(=O)Nc1ccn([C@@H]2O[C@@H]3CO[Si](C(C)C)(C(C)C)O[Si](C(C)C)(C(C)C)O[C@H]3[C@@]2(C)N=[N+]=[N-])c(=O)n1.CC(=O)Nc1ccn([C@@H]2O[C@@H]3CO[Si](C(C)C)(C(C)C)O[Si](C(C)C)(C(C)C)O[C@H]3[C@@]2(C)n2ccnn2)c(=O)n1.C[C@@]1(n2ccnn2)[C@H](O)[C@@H](CO)O[C@H]1n1ccc(N)nc1=O. The van der Waals surface area contributed by atoms with Gasteiger partial charge in [0.1, 0.15) is 64.6 Å². The number of amides is 2. The summed E-state index contributed by atoms with van der Waals surface area (Å²) in [5.41, 5.74) is 10.8. The maximum atomic E-state index is 13.3. The van der Waals surface area contributed by atoms with Crippen molar-refractivity contribution in [1.29, 1.82) is 0 Å². The van der Waals surface area contributed by atoms with Crippen LogP contribution in [-0.2, 0) is 60.8 Å². The van der Waals surface area contributed by atoms with Gasteiger partial charge in [-0.1, -0.05) is 126 Å². The molecule has 0 aromatic carbocycles. The average molecular weight is 1470 g/mol. The zero-order chi connectivity index (χ0) is 74.2. The summed E-state index contributed by atoms with van der Waals surface area (Å²) in [6.07, 6.45) is 3.64. The van der Waals surface area contributed by atoms with Crippen molar-refractivity contribution in [3.63, 3.8) is 0 Å². The maximum Gasteiger partial charge on any atom is 0.351 e. The number of nitrogen functional groups attached to an aromatic ring is 1. The molecule has 6 N–H and O–H groups in total. The molecular formula is C62H102N18O16Si4. The number of aliphatic hydroxyl groups is 2. The Kier molecular flexibility index (Phi) is 24.3. The highest BCUT2D eigenvalue weighted by atomic mass is 28.5. The number of nitrogens with two attached hydrogens (primary N) is 1. The molecule has 0 spiro atoms. The predicted octanol–water partition coefficient (Wildman–Crippen LogP) is 7.27. The summed E-state index contributed by atoms with van der Waals surface area (Å²) in [4.78, 5) is 76.3. The summed E-state index contributed by atoms with van der Waals surface area (Å²) in [7, 11) is -11.6. The highest BCUT2D eigenvalue weighted by Gasteiger charge is 2.68. The molecule has 12 atom stereocenters. The Morgan fingerprint density at radius 1 is 0.590 bits per heavy atom. The number of anilines is 3. The van der Waals surface area contributed by atoms with Gasteiger partial charge in [-0.05, 0) is 88.8 Å². The fourth-order valence-corrected chi connectivity index (χ4v) is 37.2. The molecule has 10 rings (SSSR count). The third-order valence-electron chi connectivity index (χ3n) is 20.0. The molecule has 0 unspecified atom stereocenters. The van der Waals surface area contributed by atoms with Gasteiger partial charge < -0.3 is 66.7 Å². The highest BCUT2D eigenvalue weighted by molar-refractivity contribution is 6.84. The summed E-state index contributed by atoms with van der Waals surface area (Å²) in [5.74, 6) is -0.284. The van der Waals surface area contributed by atoms with Crippen LogP contribution in [0.15, 0.2) is 81.1 Å². The molecule has 5 saturated heterocycles. The van der Waals surface area contributed by atoms with Crippen LogP contribution in [0.4, 0.5) is 17.5 Å². The van der Waals surface area contributed by atoms with Crippen LogP contribution < -0.4 is 33.4 Å². The van der Waals surface area contributed by atoms with Gasteiger partial charge in [-0.15, -0.1) is 10.2 Å². The number of hydrogen-bond donors (Lipinski definition) is 5. The zero-order valence-corrected chi connectivity index (χ0v) is 65.1. The minimum Gasteiger partial charge on any atom is -0.414 e. The number of aliphatic hydroxyl groups excluding tert-OH is 2. The number of rotatable bonds is 17. The van der Waals surface area contributed by atoms with Crippen molar-refractivity contribution < 1.29 is 59.9 Å². The van der Waals surface area contributed by atoms with Crippen LogP contribution in [0, 0.1) is 0 Å². The number of hydrogen-bond acceptors (Lipinski definition) is 25. The molecule has 0 bridgehead atoms. The second-order valence-electron chi connectivity index (χ2n) is 29.2. The Hall–Kier alpha value is -6.60. The van der Waals surface area contributed by atoms with E-state index in [1.807, 2.05) is 6.92 Å². The van der Waals surface area contributed by atoms with E-state index in [1.165, 1.54) is 63.0 Å². The summed E-state index contributed by atoms with van der Waals surface area (Å²) < 4.78 is 68.6. The third-order valence-corrected chi connectivity index (χ3v) is 40.4. The second kappa shape index (κ2) is 30.8. The third kappa shape index (κ3) is 14.6. The minimum absolute atomic E-state index is 0.0601. The van der Waals surface area contributed by atoms with Crippen molar-refractivity contribution in [2.24, 2.45) is 5.11 Å². The number of carbonyl (C=O) groups excluding carboxylic acids is 2. The number of ether oxygens (including phenoxy) is 3. The van der Waals surface area contributed by atoms with Crippen molar-refractivity contribution in [2.45, 2.75) is 262 Å². The van der Waals surface area contributed by atoms with Crippen LogP contribution in [0.25, 0.3) is 10.4 Å².